The molecule has 1 fully saturated rings. The van der Waals surface area contributed by atoms with Crippen molar-refractivity contribution < 1.29 is 18.8 Å². The van der Waals surface area contributed by atoms with Crippen LogP contribution in [-0.4, -0.2) is 39.2 Å². The van der Waals surface area contributed by atoms with E-state index < -0.39 is 11.4 Å². The number of carboxylic acids is 1. The molecular formula is C30H32ClN3O4. The summed E-state index contributed by atoms with van der Waals surface area (Å²) >= 11 is 6.48. The molecule has 0 saturated carbocycles. The summed E-state index contributed by atoms with van der Waals surface area (Å²) in [6, 6.07) is 17.6. The Morgan fingerprint density at radius 3 is 2.47 bits per heavy atom. The lowest BCUT2D eigenvalue weighted by Gasteiger charge is -2.38. The number of benzene rings is 2. The van der Waals surface area contributed by atoms with Gasteiger partial charge >= 0.3 is 5.97 Å². The lowest BCUT2D eigenvalue weighted by atomic mass is 9.75. The van der Waals surface area contributed by atoms with Crippen LogP contribution in [0, 0.1) is 11.3 Å². The molecule has 1 aliphatic rings. The SMILES string of the molecule is CC(C)Cc1ccc(-c2nc(-c3ccc(CN4CCC(Cc5ccco5)(C(=O)O)CC4)cc3)no2)cc1Cl. The van der Waals surface area contributed by atoms with Gasteiger partial charge in [-0.3, -0.25) is 9.69 Å². The summed E-state index contributed by atoms with van der Waals surface area (Å²) < 4.78 is 11.0. The Kier molecular flexibility index (Phi) is 7.68. The molecule has 0 amide bonds. The van der Waals surface area contributed by atoms with E-state index in [0.717, 1.165) is 54.1 Å². The fraction of sp³-hybridized carbons (Fsp3) is 0.367. The van der Waals surface area contributed by atoms with Crippen molar-refractivity contribution in [2.45, 2.75) is 46.1 Å². The summed E-state index contributed by atoms with van der Waals surface area (Å²) in [4.78, 5) is 19.0. The number of rotatable bonds is 9. The van der Waals surface area contributed by atoms with Crippen molar-refractivity contribution in [2.75, 3.05) is 13.1 Å². The van der Waals surface area contributed by atoms with Crippen LogP contribution in [0.25, 0.3) is 22.8 Å². The van der Waals surface area contributed by atoms with E-state index in [0.29, 0.717) is 41.9 Å². The Morgan fingerprint density at radius 2 is 1.84 bits per heavy atom. The van der Waals surface area contributed by atoms with E-state index in [1.54, 1.807) is 12.3 Å². The Hall–Kier alpha value is -3.42. The van der Waals surface area contributed by atoms with Crippen molar-refractivity contribution in [3.05, 3.63) is 82.8 Å². The highest BCUT2D eigenvalue weighted by Gasteiger charge is 2.42. The molecule has 5 rings (SSSR count). The van der Waals surface area contributed by atoms with E-state index in [1.165, 1.54) is 0 Å². The van der Waals surface area contributed by atoms with E-state index in [-0.39, 0.29) is 0 Å². The van der Waals surface area contributed by atoms with Gasteiger partial charge in [0.2, 0.25) is 5.82 Å². The monoisotopic (exact) mass is 533 g/mol. The topological polar surface area (TPSA) is 92.6 Å². The zero-order valence-electron chi connectivity index (χ0n) is 21.7. The number of furan rings is 1. The zero-order chi connectivity index (χ0) is 26.7. The first-order chi connectivity index (χ1) is 18.3. The van der Waals surface area contributed by atoms with Crippen LogP contribution in [0.3, 0.4) is 0 Å². The Balaban J connectivity index is 1.20. The fourth-order valence-electron chi connectivity index (χ4n) is 5.11. The molecule has 0 atom stereocenters. The van der Waals surface area contributed by atoms with E-state index in [4.69, 9.17) is 20.5 Å². The van der Waals surface area contributed by atoms with Gasteiger partial charge < -0.3 is 14.0 Å². The molecule has 8 heteroatoms. The van der Waals surface area contributed by atoms with Gasteiger partial charge in [0.25, 0.3) is 5.89 Å². The third-order valence-corrected chi connectivity index (χ3v) is 7.68. The third-order valence-electron chi connectivity index (χ3n) is 7.33. The molecule has 38 heavy (non-hydrogen) atoms. The molecule has 0 bridgehead atoms. The molecule has 0 spiro atoms. The Morgan fingerprint density at radius 1 is 1.11 bits per heavy atom. The van der Waals surface area contributed by atoms with Crippen LogP contribution in [0.5, 0.6) is 0 Å². The molecule has 2 aromatic carbocycles. The molecular weight excluding hydrogens is 502 g/mol. The summed E-state index contributed by atoms with van der Waals surface area (Å²) in [5.74, 6) is 1.47. The van der Waals surface area contributed by atoms with Crippen molar-refractivity contribution in [1.29, 1.82) is 0 Å². The lowest BCUT2D eigenvalue weighted by molar-refractivity contribution is -0.152. The van der Waals surface area contributed by atoms with Crippen molar-refractivity contribution in [3.63, 3.8) is 0 Å². The summed E-state index contributed by atoms with van der Waals surface area (Å²) in [5, 5.41) is 14.8. The number of aliphatic carboxylic acids is 1. The average molecular weight is 534 g/mol. The molecule has 7 nitrogen and oxygen atoms in total. The fourth-order valence-corrected chi connectivity index (χ4v) is 5.37. The van der Waals surface area contributed by atoms with Gasteiger partial charge in [-0.2, -0.15) is 4.98 Å². The van der Waals surface area contributed by atoms with Gasteiger partial charge in [-0.25, -0.2) is 0 Å². The summed E-state index contributed by atoms with van der Waals surface area (Å²) in [6.45, 7) is 6.54. The molecule has 1 aliphatic heterocycles. The standard InChI is InChI=1S/C30H32ClN3O4/c1-20(2)16-23-9-10-24(17-26(23)31)28-32-27(33-38-28)22-7-5-21(6-8-22)19-34-13-11-30(12-14-34,29(35)36)18-25-4-3-15-37-25/h3-10,15,17,20H,11-14,16,18-19H2,1-2H3,(H,35,36). The molecule has 2 aromatic heterocycles. The summed E-state index contributed by atoms with van der Waals surface area (Å²) in [5.41, 5.74) is 3.16. The highest BCUT2D eigenvalue weighted by atomic mass is 35.5. The molecule has 4 aromatic rings. The quantitative estimate of drug-likeness (QED) is 0.254. The van der Waals surface area contributed by atoms with Crippen LogP contribution in [0.1, 0.15) is 43.6 Å². The molecule has 0 unspecified atom stereocenters. The van der Waals surface area contributed by atoms with E-state index in [1.807, 2.05) is 36.4 Å². The van der Waals surface area contributed by atoms with Gasteiger partial charge in [0.05, 0.1) is 11.7 Å². The normalized spacial score (nSPS) is 15.7. The second kappa shape index (κ2) is 11.1. The van der Waals surface area contributed by atoms with Crippen LogP contribution in [0.15, 0.2) is 69.8 Å². The van der Waals surface area contributed by atoms with Gasteiger partial charge in [-0.1, -0.05) is 60.9 Å². The Labute approximate surface area is 227 Å². The molecule has 0 radical (unpaired) electrons. The summed E-state index contributed by atoms with van der Waals surface area (Å²) in [6.07, 6.45) is 4.13. The average Bonchev–Trinajstić information content (AvgIpc) is 3.59. The minimum Gasteiger partial charge on any atom is -0.481 e. The molecule has 1 saturated heterocycles. The predicted molar refractivity (Wildman–Crippen MR) is 146 cm³/mol. The van der Waals surface area contributed by atoms with E-state index >= 15 is 0 Å². The minimum atomic E-state index is -0.770. The number of piperidine rings is 1. The van der Waals surface area contributed by atoms with Crippen LogP contribution in [0.2, 0.25) is 5.02 Å². The predicted octanol–water partition coefficient (Wildman–Crippen LogP) is 6.76. The van der Waals surface area contributed by atoms with Crippen molar-refractivity contribution >= 4 is 17.6 Å². The number of nitrogens with zero attached hydrogens (tertiary/aromatic N) is 3. The third kappa shape index (κ3) is 5.84. The maximum absolute atomic E-state index is 12.1. The second-order valence-corrected chi connectivity index (χ2v) is 11.0. The second-order valence-electron chi connectivity index (χ2n) is 10.6. The first-order valence-corrected chi connectivity index (χ1v) is 13.4. The molecule has 3 heterocycles. The Bertz CT molecular complexity index is 1370. The molecule has 198 valence electrons. The van der Waals surface area contributed by atoms with Crippen molar-refractivity contribution in [3.8, 4) is 22.8 Å². The number of hydrogen-bond donors (Lipinski definition) is 1. The summed E-state index contributed by atoms with van der Waals surface area (Å²) in [7, 11) is 0. The smallest absolute Gasteiger partial charge is 0.310 e. The largest absolute Gasteiger partial charge is 0.481 e. The first-order valence-electron chi connectivity index (χ1n) is 13.0. The zero-order valence-corrected chi connectivity index (χ0v) is 22.4. The van der Waals surface area contributed by atoms with E-state index in [2.05, 4.69) is 41.0 Å². The number of halogens is 1. The maximum atomic E-state index is 12.1. The number of hydrogen-bond acceptors (Lipinski definition) is 6. The highest BCUT2D eigenvalue weighted by molar-refractivity contribution is 6.31. The van der Waals surface area contributed by atoms with Gasteiger partial charge in [0, 0.05) is 29.1 Å². The molecule has 0 aliphatic carbocycles. The van der Waals surface area contributed by atoms with Gasteiger partial charge in [0.15, 0.2) is 0 Å². The van der Waals surface area contributed by atoms with Crippen LogP contribution < -0.4 is 0 Å². The minimum absolute atomic E-state index is 0.429. The van der Waals surface area contributed by atoms with Gasteiger partial charge in [0.1, 0.15) is 5.76 Å². The van der Waals surface area contributed by atoms with Crippen LogP contribution in [-0.2, 0) is 24.2 Å². The van der Waals surface area contributed by atoms with Crippen molar-refractivity contribution in [2.24, 2.45) is 11.3 Å². The van der Waals surface area contributed by atoms with Crippen molar-refractivity contribution in [1.82, 2.24) is 15.0 Å². The van der Waals surface area contributed by atoms with Crippen LogP contribution in [0.4, 0.5) is 0 Å². The highest BCUT2D eigenvalue weighted by Crippen LogP contribution is 2.36. The number of carboxylic acid groups (broad SMARTS) is 1. The van der Waals surface area contributed by atoms with Gasteiger partial charge in [-0.05, 0) is 73.7 Å². The number of likely N-dealkylation sites (tertiary alicyclic amines) is 1. The lowest BCUT2D eigenvalue weighted by Crippen LogP contribution is -2.45. The molecule has 1 N–H and O–H groups in total. The maximum Gasteiger partial charge on any atom is 0.310 e. The van der Waals surface area contributed by atoms with E-state index in [9.17, 15) is 9.90 Å². The first kappa shape index (κ1) is 26.2. The van der Waals surface area contributed by atoms with Crippen LogP contribution >= 0.6 is 11.6 Å². The van der Waals surface area contributed by atoms with Gasteiger partial charge in [-0.15, -0.1) is 0 Å². The number of aromatic nitrogens is 2. The number of carbonyl (C=O) groups is 1.